The van der Waals surface area contributed by atoms with Crippen LogP contribution in [0.25, 0.3) is 17.1 Å². The van der Waals surface area contributed by atoms with E-state index in [1.807, 2.05) is 36.4 Å². The number of benzene rings is 2. The summed E-state index contributed by atoms with van der Waals surface area (Å²) < 4.78 is 5.71. The zero-order chi connectivity index (χ0) is 19.5. The average Bonchev–Trinajstić information content (AvgIpc) is 3.14. The zero-order valence-corrected chi connectivity index (χ0v) is 16.9. The second-order valence-electron chi connectivity index (χ2n) is 6.59. The summed E-state index contributed by atoms with van der Waals surface area (Å²) >= 11 is 7.80. The van der Waals surface area contributed by atoms with Crippen molar-refractivity contribution in [3.8, 4) is 5.75 Å². The number of halogens is 1. The number of hydrogen-bond donors (Lipinski definition) is 2. The molecule has 1 atom stereocenters. The Morgan fingerprint density at radius 2 is 2.21 bits per heavy atom. The van der Waals surface area contributed by atoms with Gasteiger partial charge in [-0.2, -0.15) is 11.8 Å². The van der Waals surface area contributed by atoms with Crippen molar-refractivity contribution in [1.82, 2.24) is 15.3 Å². The Balaban J connectivity index is 1.57. The topological polar surface area (TPSA) is 67.0 Å². The molecule has 28 heavy (non-hydrogen) atoms. The number of rotatable bonds is 6. The van der Waals surface area contributed by atoms with Crippen molar-refractivity contribution >= 4 is 46.4 Å². The molecule has 1 aliphatic rings. The largest absolute Gasteiger partial charge is 0.488 e. The molecule has 144 valence electrons. The number of nitrogens with zero attached hydrogens (tertiary/aromatic N) is 1. The number of thioether (sulfide) groups is 1. The second-order valence-corrected chi connectivity index (χ2v) is 8.01. The number of ether oxygens (including phenoxy) is 1. The van der Waals surface area contributed by atoms with Crippen LogP contribution in [-0.2, 0) is 4.79 Å². The molecule has 4 rings (SSSR count). The molecule has 0 bridgehead atoms. The van der Waals surface area contributed by atoms with Gasteiger partial charge in [-0.25, -0.2) is 4.98 Å². The van der Waals surface area contributed by atoms with Gasteiger partial charge in [0.25, 0.3) is 5.91 Å². The van der Waals surface area contributed by atoms with Crippen LogP contribution in [0.15, 0.2) is 48.0 Å². The lowest BCUT2D eigenvalue weighted by molar-refractivity contribution is -0.118. The van der Waals surface area contributed by atoms with E-state index in [4.69, 9.17) is 16.3 Å². The van der Waals surface area contributed by atoms with Crippen molar-refractivity contribution < 1.29 is 9.53 Å². The smallest absolute Gasteiger partial charge is 0.251 e. The first-order valence-corrected chi connectivity index (χ1v) is 10.8. The first kappa shape index (κ1) is 18.9. The van der Waals surface area contributed by atoms with Crippen LogP contribution in [0.5, 0.6) is 5.75 Å². The van der Waals surface area contributed by atoms with Crippen LogP contribution in [0.2, 0.25) is 5.02 Å². The minimum absolute atomic E-state index is 0.155. The standard InChI is InChI=1S/C21H20ClN3O2S/c1-28-9-8-18(20-23-16-4-2-3-5-17(16)24-20)25-21(26)14-10-13-11-15(22)6-7-19(13)27-12-14/h2-7,10-11,18H,8-9,12H2,1H3,(H,23,24)(H,25,26)/t18-/m1/s1. The highest BCUT2D eigenvalue weighted by Gasteiger charge is 2.23. The monoisotopic (exact) mass is 413 g/mol. The Morgan fingerprint density at radius 3 is 3.04 bits per heavy atom. The normalized spacial score (nSPS) is 14.1. The van der Waals surface area contributed by atoms with Gasteiger partial charge in [-0.3, -0.25) is 4.79 Å². The molecule has 2 N–H and O–H groups in total. The van der Waals surface area contributed by atoms with Crippen molar-refractivity contribution in [3.63, 3.8) is 0 Å². The van der Waals surface area contributed by atoms with E-state index in [0.29, 0.717) is 10.6 Å². The highest BCUT2D eigenvalue weighted by Crippen LogP contribution is 2.29. The molecule has 1 aromatic heterocycles. The summed E-state index contributed by atoms with van der Waals surface area (Å²) in [6.45, 7) is 0.232. The number of carbonyl (C=O) groups is 1. The van der Waals surface area contributed by atoms with Crippen LogP contribution < -0.4 is 10.1 Å². The Labute approximate surface area is 172 Å². The fourth-order valence-electron chi connectivity index (χ4n) is 3.18. The molecule has 0 saturated carbocycles. The van der Waals surface area contributed by atoms with Gasteiger partial charge in [-0.15, -0.1) is 0 Å². The minimum atomic E-state index is -0.200. The summed E-state index contributed by atoms with van der Waals surface area (Å²) in [5.74, 6) is 2.26. The Bertz CT molecular complexity index is 1010. The summed E-state index contributed by atoms with van der Waals surface area (Å²) in [5, 5.41) is 3.73. The molecule has 2 aromatic carbocycles. The lowest BCUT2D eigenvalue weighted by atomic mass is 10.1. The molecule has 0 unspecified atom stereocenters. The molecule has 0 radical (unpaired) electrons. The average molecular weight is 414 g/mol. The van der Waals surface area contributed by atoms with Crippen LogP contribution in [0, 0.1) is 0 Å². The highest BCUT2D eigenvalue weighted by atomic mass is 35.5. The molecule has 0 aliphatic carbocycles. The Kier molecular flexibility index (Phi) is 5.59. The predicted molar refractivity (Wildman–Crippen MR) is 115 cm³/mol. The van der Waals surface area contributed by atoms with E-state index >= 15 is 0 Å². The van der Waals surface area contributed by atoms with Crippen LogP contribution in [-0.4, -0.2) is 34.5 Å². The number of aromatic amines is 1. The van der Waals surface area contributed by atoms with Gasteiger partial charge in [0.2, 0.25) is 0 Å². The number of imidazole rings is 1. The number of hydrogen-bond acceptors (Lipinski definition) is 4. The maximum Gasteiger partial charge on any atom is 0.251 e. The second kappa shape index (κ2) is 8.29. The third kappa shape index (κ3) is 4.03. The van der Waals surface area contributed by atoms with E-state index in [-0.39, 0.29) is 18.6 Å². The molecular formula is C21H20ClN3O2S. The maximum absolute atomic E-state index is 12.9. The lowest BCUT2D eigenvalue weighted by Crippen LogP contribution is -2.33. The first-order chi connectivity index (χ1) is 13.6. The number of H-pyrrole nitrogens is 1. The maximum atomic E-state index is 12.9. The van der Waals surface area contributed by atoms with Gasteiger partial charge in [0.15, 0.2) is 0 Å². The number of amides is 1. The molecule has 0 spiro atoms. The van der Waals surface area contributed by atoms with Crippen molar-refractivity contribution in [3.05, 3.63) is 64.4 Å². The van der Waals surface area contributed by atoms with Crippen LogP contribution in [0.3, 0.4) is 0 Å². The van der Waals surface area contributed by atoms with E-state index in [9.17, 15) is 4.79 Å². The van der Waals surface area contributed by atoms with Gasteiger partial charge >= 0.3 is 0 Å². The number of aromatic nitrogens is 2. The van der Waals surface area contributed by atoms with Gasteiger partial charge < -0.3 is 15.0 Å². The van der Waals surface area contributed by atoms with Crippen molar-refractivity contribution in [2.45, 2.75) is 12.5 Å². The summed E-state index contributed by atoms with van der Waals surface area (Å²) in [7, 11) is 0. The molecule has 5 nitrogen and oxygen atoms in total. The Hall–Kier alpha value is -2.44. The van der Waals surface area contributed by atoms with Crippen molar-refractivity contribution in [2.24, 2.45) is 0 Å². The minimum Gasteiger partial charge on any atom is -0.488 e. The molecule has 1 aliphatic heterocycles. The highest BCUT2D eigenvalue weighted by molar-refractivity contribution is 7.98. The lowest BCUT2D eigenvalue weighted by Gasteiger charge is -2.21. The SMILES string of the molecule is CSCC[C@@H](NC(=O)C1=Cc2cc(Cl)ccc2OC1)c1nc2ccccc2[nH]1. The zero-order valence-electron chi connectivity index (χ0n) is 15.4. The van der Waals surface area contributed by atoms with Gasteiger partial charge in [0, 0.05) is 10.6 Å². The number of para-hydroxylation sites is 2. The molecule has 1 amide bonds. The van der Waals surface area contributed by atoms with E-state index in [2.05, 4.69) is 21.5 Å². The van der Waals surface area contributed by atoms with Crippen LogP contribution in [0.1, 0.15) is 23.9 Å². The fourth-order valence-corrected chi connectivity index (χ4v) is 3.83. The third-order valence-electron chi connectivity index (χ3n) is 4.63. The summed E-state index contributed by atoms with van der Waals surface area (Å²) in [4.78, 5) is 20.9. The number of fused-ring (bicyclic) bond motifs is 2. The Morgan fingerprint density at radius 1 is 1.36 bits per heavy atom. The van der Waals surface area contributed by atoms with E-state index < -0.39 is 0 Å². The molecule has 2 heterocycles. The van der Waals surface area contributed by atoms with E-state index in [1.165, 1.54) is 0 Å². The van der Waals surface area contributed by atoms with Crippen molar-refractivity contribution in [1.29, 1.82) is 0 Å². The van der Waals surface area contributed by atoms with Crippen molar-refractivity contribution in [2.75, 3.05) is 18.6 Å². The molecule has 0 fully saturated rings. The predicted octanol–water partition coefficient (Wildman–Crippen LogP) is 4.60. The first-order valence-electron chi connectivity index (χ1n) is 9.01. The molecule has 0 saturated heterocycles. The quantitative estimate of drug-likeness (QED) is 0.619. The van der Waals surface area contributed by atoms with Crippen LogP contribution >= 0.6 is 23.4 Å². The van der Waals surface area contributed by atoms with E-state index in [0.717, 1.165) is 40.3 Å². The molecular weight excluding hydrogens is 394 g/mol. The molecule has 7 heteroatoms. The van der Waals surface area contributed by atoms with E-state index in [1.54, 1.807) is 23.9 Å². The van der Waals surface area contributed by atoms with Gasteiger partial charge in [-0.1, -0.05) is 23.7 Å². The van der Waals surface area contributed by atoms with Gasteiger partial charge in [0.1, 0.15) is 18.2 Å². The fraction of sp³-hybridized carbons (Fsp3) is 0.238. The third-order valence-corrected chi connectivity index (χ3v) is 5.51. The summed E-state index contributed by atoms with van der Waals surface area (Å²) in [6, 6.07) is 13.1. The summed E-state index contributed by atoms with van der Waals surface area (Å²) in [6.07, 6.45) is 4.67. The molecule has 3 aromatic rings. The van der Waals surface area contributed by atoms with Gasteiger partial charge in [0.05, 0.1) is 22.6 Å². The number of carbonyl (C=O) groups excluding carboxylic acids is 1. The summed E-state index contributed by atoms with van der Waals surface area (Å²) in [5.41, 5.74) is 3.24. The number of nitrogens with one attached hydrogen (secondary N) is 2. The van der Waals surface area contributed by atoms with Crippen LogP contribution in [0.4, 0.5) is 0 Å². The van der Waals surface area contributed by atoms with Gasteiger partial charge in [-0.05, 0) is 54.8 Å².